The minimum absolute atomic E-state index is 0.0104. The average molecular weight is 190 g/mol. The van der Waals surface area contributed by atoms with E-state index in [1.54, 1.807) is 0 Å². The number of hydrogen-bond donors (Lipinski definition) is 0. The smallest absolute Gasteiger partial charge is 0.259 e. The van der Waals surface area contributed by atoms with Gasteiger partial charge in [-0.15, -0.1) is 0 Å². The van der Waals surface area contributed by atoms with E-state index in [-0.39, 0.29) is 11.8 Å². The first-order valence-electron chi connectivity index (χ1n) is 4.01. The Kier molecular flexibility index (Phi) is 3.77. The van der Waals surface area contributed by atoms with Gasteiger partial charge in [-0.05, 0) is 11.8 Å². The van der Waals surface area contributed by atoms with Crippen LogP contribution in [-0.2, 0) is 0 Å². The summed E-state index contributed by atoms with van der Waals surface area (Å²) in [5.41, 5.74) is -0.107. The summed E-state index contributed by atoms with van der Waals surface area (Å²) >= 11 is 0. The number of nitrogens with zero attached hydrogens (tertiary/aromatic N) is 2. The minimum atomic E-state index is -1.65. The lowest BCUT2D eigenvalue weighted by atomic mass is 9.90. The van der Waals surface area contributed by atoms with Crippen molar-refractivity contribution in [3.8, 4) is 0 Å². The van der Waals surface area contributed by atoms with Gasteiger partial charge in [0.15, 0.2) is 0 Å². The largest absolute Gasteiger partial charge is 0.450 e. The van der Waals surface area contributed by atoms with Crippen molar-refractivity contribution in [1.29, 1.82) is 0 Å². The molecule has 0 radical (unpaired) electrons. The maximum absolute atomic E-state index is 10.2. The molecule has 6 nitrogen and oxygen atoms in total. The summed E-state index contributed by atoms with van der Waals surface area (Å²) in [4.78, 5) is 18.8. The Morgan fingerprint density at radius 2 is 1.54 bits per heavy atom. The third-order valence-corrected chi connectivity index (χ3v) is 1.64. The molecule has 0 aromatic heterocycles. The van der Waals surface area contributed by atoms with E-state index >= 15 is 0 Å². The first kappa shape index (κ1) is 11.8. The van der Waals surface area contributed by atoms with Crippen LogP contribution >= 0.6 is 0 Å². The SMILES string of the molecule is CC(C)(C)CCC([N+](=O)[O-])[N+](=O)[O-]. The molecule has 0 aliphatic carbocycles. The van der Waals surface area contributed by atoms with Crippen molar-refractivity contribution >= 4 is 0 Å². The lowest BCUT2D eigenvalue weighted by Crippen LogP contribution is -2.29. The van der Waals surface area contributed by atoms with Gasteiger partial charge in [-0.1, -0.05) is 20.8 Å². The highest BCUT2D eigenvalue weighted by Crippen LogP contribution is 2.22. The summed E-state index contributed by atoms with van der Waals surface area (Å²) in [6.45, 7) is 5.68. The molecule has 76 valence electrons. The molecule has 0 N–H and O–H groups in total. The summed E-state index contributed by atoms with van der Waals surface area (Å²) in [7, 11) is 0. The van der Waals surface area contributed by atoms with E-state index in [9.17, 15) is 20.2 Å². The molecule has 0 saturated heterocycles. The zero-order chi connectivity index (χ0) is 10.6. The quantitative estimate of drug-likeness (QED) is 0.383. The van der Waals surface area contributed by atoms with Gasteiger partial charge in [0, 0.05) is 0 Å². The molecule has 0 rings (SSSR count). The van der Waals surface area contributed by atoms with Crippen molar-refractivity contribution in [3.63, 3.8) is 0 Å². The zero-order valence-electron chi connectivity index (χ0n) is 8.02. The molecule has 0 aliphatic rings. The fraction of sp³-hybridized carbons (Fsp3) is 1.00. The highest BCUT2D eigenvalue weighted by atomic mass is 16.7. The predicted molar refractivity (Wildman–Crippen MR) is 46.5 cm³/mol. The first-order valence-corrected chi connectivity index (χ1v) is 4.01. The van der Waals surface area contributed by atoms with Crippen LogP contribution in [0.15, 0.2) is 0 Å². The molecule has 6 heteroatoms. The Bertz CT molecular complexity index is 195. The summed E-state index contributed by atoms with van der Waals surface area (Å²) in [5.74, 6) is 0. The monoisotopic (exact) mass is 190 g/mol. The van der Waals surface area contributed by atoms with Gasteiger partial charge >= 0.3 is 6.17 Å². The van der Waals surface area contributed by atoms with Crippen LogP contribution in [0.2, 0.25) is 0 Å². The fourth-order valence-electron chi connectivity index (χ4n) is 0.850. The van der Waals surface area contributed by atoms with Crippen molar-refractivity contribution < 1.29 is 9.85 Å². The predicted octanol–water partition coefficient (Wildman–Crippen LogP) is 1.69. The summed E-state index contributed by atoms with van der Waals surface area (Å²) in [6, 6.07) is 0. The normalized spacial score (nSPS) is 11.7. The molecule has 0 bridgehead atoms. The topological polar surface area (TPSA) is 86.3 Å². The molecule has 0 amide bonds. The van der Waals surface area contributed by atoms with Crippen LogP contribution in [0.5, 0.6) is 0 Å². The molecule has 0 unspecified atom stereocenters. The Morgan fingerprint density at radius 3 is 1.77 bits per heavy atom. The van der Waals surface area contributed by atoms with E-state index in [1.807, 2.05) is 20.8 Å². The van der Waals surface area contributed by atoms with Crippen LogP contribution in [-0.4, -0.2) is 16.0 Å². The van der Waals surface area contributed by atoms with E-state index in [4.69, 9.17) is 0 Å². The molecule has 0 heterocycles. The maximum atomic E-state index is 10.2. The van der Waals surface area contributed by atoms with Crippen molar-refractivity contribution in [2.75, 3.05) is 0 Å². The highest BCUT2D eigenvalue weighted by Gasteiger charge is 2.32. The van der Waals surface area contributed by atoms with Crippen molar-refractivity contribution in [2.24, 2.45) is 5.41 Å². The minimum Gasteiger partial charge on any atom is -0.259 e. The highest BCUT2D eigenvalue weighted by molar-refractivity contribution is 4.61. The third-order valence-electron chi connectivity index (χ3n) is 1.64. The molecule has 0 fully saturated rings. The van der Waals surface area contributed by atoms with Gasteiger partial charge in [-0.2, -0.15) is 0 Å². The van der Waals surface area contributed by atoms with Gasteiger partial charge in [0.05, 0.1) is 16.3 Å². The molecule has 13 heavy (non-hydrogen) atoms. The second-order valence-corrected chi connectivity index (χ2v) is 4.15. The second-order valence-electron chi connectivity index (χ2n) is 4.15. The summed E-state index contributed by atoms with van der Waals surface area (Å²) in [5, 5.41) is 20.4. The molecular weight excluding hydrogens is 176 g/mol. The van der Waals surface area contributed by atoms with Crippen LogP contribution in [0.4, 0.5) is 0 Å². The van der Waals surface area contributed by atoms with E-state index in [0.29, 0.717) is 6.42 Å². The maximum Gasteiger partial charge on any atom is 0.450 e. The van der Waals surface area contributed by atoms with Gasteiger partial charge in [0.1, 0.15) is 0 Å². The van der Waals surface area contributed by atoms with Gasteiger partial charge in [0.2, 0.25) is 0 Å². The van der Waals surface area contributed by atoms with E-state index < -0.39 is 16.0 Å². The van der Waals surface area contributed by atoms with Crippen molar-refractivity contribution in [1.82, 2.24) is 0 Å². The number of hydrogen-bond acceptors (Lipinski definition) is 4. The third kappa shape index (κ3) is 5.10. The Morgan fingerprint density at radius 1 is 1.15 bits per heavy atom. The number of rotatable bonds is 4. The average Bonchev–Trinajstić information content (AvgIpc) is 1.82. The van der Waals surface area contributed by atoms with Crippen molar-refractivity contribution in [2.45, 2.75) is 39.8 Å². The van der Waals surface area contributed by atoms with Crippen molar-refractivity contribution in [3.05, 3.63) is 20.2 Å². The lowest BCUT2D eigenvalue weighted by Gasteiger charge is -2.16. The van der Waals surface area contributed by atoms with Crippen LogP contribution < -0.4 is 0 Å². The van der Waals surface area contributed by atoms with Crippen LogP contribution in [0.1, 0.15) is 33.6 Å². The molecule has 0 saturated carbocycles. The standard InChI is InChI=1S/C7H14N2O4/c1-7(2,3)5-4-6(8(10)11)9(12)13/h6H,4-5H2,1-3H3. The molecule has 0 aromatic rings. The van der Waals surface area contributed by atoms with E-state index in [0.717, 1.165) is 0 Å². The lowest BCUT2D eigenvalue weighted by molar-refractivity contribution is -0.743. The van der Waals surface area contributed by atoms with Crippen LogP contribution in [0, 0.1) is 25.6 Å². The molecular formula is C7H14N2O4. The van der Waals surface area contributed by atoms with Gasteiger partial charge in [-0.25, -0.2) is 0 Å². The van der Waals surface area contributed by atoms with Gasteiger partial charge < -0.3 is 0 Å². The fourth-order valence-corrected chi connectivity index (χ4v) is 0.850. The molecule has 0 aliphatic heterocycles. The molecule has 0 aromatic carbocycles. The van der Waals surface area contributed by atoms with Crippen LogP contribution in [0.25, 0.3) is 0 Å². The Labute approximate surface area is 76.2 Å². The summed E-state index contributed by atoms with van der Waals surface area (Å²) < 4.78 is 0. The summed E-state index contributed by atoms with van der Waals surface area (Å²) in [6.07, 6.45) is -1.19. The van der Waals surface area contributed by atoms with E-state index in [2.05, 4.69) is 0 Å². The van der Waals surface area contributed by atoms with Gasteiger partial charge in [0.25, 0.3) is 0 Å². The second kappa shape index (κ2) is 4.15. The molecule has 0 atom stereocenters. The first-order chi connectivity index (χ1) is 5.74. The van der Waals surface area contributed by atoms with Gasteiger partial charge in [-0.3, -0.25) is 20.2 Å². The Balaban J connectivity index is 4.14. The van der Waals surface area contributed by atoms with E-state index in [1.165, 1.54) is 0 Å². The zero-order valence-corrected chi connectivity index (χ0v) is 8.02. The molecule has 0 spiro atoms. The Hall–Kier alpha value is -1.20. The number of nitro groups is 2. The van der Waals surface area contributed by atoms with Crippen LogP contribution in [0.3, 0.4) is 0 Å².